The molecule has 0 spiro atoms. The first-order valence-electron chi connectivity index (χ1n) is 5.59. The monoisotopic (exact) mass is 300 g/mol. The van der Waals surface area contributed by atoms with Crippen molar-refractivity contribution in [3.63, 3.8) is 0 Å². The molecule has 2 atom stereocenters. The summed E-state index contributed by atoms with van der Waals surface area (Å²) in [5.74, 6) is -1.87. The Hall–Kier alpha value is -1.43. The Morgan fingerprint density at radius 1 is 1.53 bits per heavy atom. The maximum Gasteiger partial charge on any atom is 0.308 e. The zero-order valence-corrected chi connectivity index (χ0v) is 11.7. The first kappa shape index (κ1) is 14.0. The van der Waals surface area contributed by atoms with Crippen LogP contribution in [0.3, 0.4) is 0 Å². The molecular formula is C11H12N2O4S2. The topological polar surface area (TPSA) is 98.5 Å². The highest BCUT2D eigenvalue weighted by Gasteiger charge is 2.41. The molecule has 2 rings (SSSR count). The molecule has 19 heavy (non-hydrogen) atoms. The van der Waals surface area contributed by atoms with Gasteiger partial charge in [-0.3, -0.25) is 4.79 Å². The van der Waals surface area contributed by atoms with Gasteiger partial charge < -0.3 is 5.11 Å². The van der Waals surface area contributed by atoms with Gasteiger partial charge in [0, 0.05) is 13.1 Å². The summed E-state index contributed by atoms with van der Waals surface area (Å²) < 4.78 is 25.9. The average molecular weight is 300 g/mol. The fraction of sp³-hybridized carbons (Fsp3) is 0.455. The van der Waals surface area contributed by atoms with Gasteiger partial charge in [0.25, 0.3) is 10.0 Å². The zero-order valence-electron chi connectivity index (χ0n) is 10.1. The van der Waals surface area contributed by atoms with Crippen LogP contribution in [0.25, 0.3) is 0 Å². The van der Waals surface area contributed by atoms with Crippen LogP contribution in [0, 0.1) is 23.2 Å². The van der Waals surface area contributed by atoms with Crippen LogP contribution in [0.1, 0.15) is 11.8 Å². The van der Waals surface area contributed by atoms with Gasteiger partial charge in [0.2, 0.25) is 0 Å². The summed E-state index contributed by atoms with van der Waals surface area (Å²) in [6.07, 6.45) is 0. The van der Waals surface area contributed by atoms with Crippen molar-refractivity contribution in [1.29, 1.82) is 5.26 Å². The molecule has 1 aromatic heterocycles. The van der Waals surface area contributed by atoms with Gasteiger partial charge in [0.15, 0.2) is 0 Å². The van der Waals surface area contributed by atoms with Crippen LogP contribution in [-0.4, -0.2) is 36.9 Å². The first-order valence-corrected chi connectivity index (χ1v) is 7.85. The molecule has 2 heterocycles. The number of hydrogen-bond donors (Lipinski definition) is 1. The molecule has 0 saturated carbocycles. The molecule has 102 valence electrons. The number of carbonyl (C=O) groups is 1. The van der Waals surface area contributed by atoms with Crippen molar-refractivity contribution in [3.8, 4) is 6.07 Å². The largest absolute Gasteiger partial charge is 0.481 e. The maximum absolute atomic E-state index is 12.3. The van der Waals surface area contributed by atoms with E-state index in [0.29, 0.717) is 4.88 Å². The fourth-order valence-corrected chi connectivity index (χ4v) is 4.91. The van der Waals surface area contributed by atoms with Gasteiger partial charge in [-0.2, -0.15) is 9.57 Å². The molecule has 8 heteroatoms. The van der Waals surface area contributed by atoms with Gasteiger partial charge in [-0.1, -0.05) is 6.92 Å². The Balaban J connectivity index is 2.27. The van der Waals surface area contributed by atoms with Gasteiger partial charge in [-0.15, -0.1) is 11.3 Å². The van der Waals surface area contributed by atoms with Crippen LogP contribution in [0.2, 0.25) is 0 Å². The summed E-state index contributed by atoms with van der Waals surface area (Å²) in [6, 6.07) is 4.72. The Labute approximate surface area is 114 Å². The summed E-state index contributed by atoms with van der Waals surface area (Å²) in [6.45, 7) is 1.90. The highest BCUT2D eigenvalue weighted by atomic mass is 32.2. The Morgan fingerprint density at radius 3 is 2.68 bits per heavy atom. The van der Waals surface area contributed by atoms with E-state index >= 15 is 0 Å². The van der Waals surface area contributed by atoms with E-state index in [2.05, 4.69) is 0 Å². The lowest BCUT2D eigenvalue weighted by Gasteiger charge is -2.14. The van der Waals surface area contributed by atoms with E-state index in [0.717, 1.165) is 11.3 Å². The minimum Gasteiger partial charge on any atom is -0.481 e. The lowest BCUT2D eigenvalue weighted by molar-refractivity contribution is -0.142. The fourth-order valence-electron chi connectivity index (χ4n) is 2.09. The Morgan fingerprint density at radius 2 is 2.21 bits per heavy atom. The second-order valence-corrected chi connectivity index (χ2v) is 7.72. The molecule has 6 nitrogen and oxygen atoms in total. The molecule has 1 aliphatic rings. The van der Waals surface area contributed by atoms with Crippen molar-refractivity contribution >= 4 is 27.3 Å². The lowest BCUT2D eigenvalue weighted by atomic mass is 9.99. The van der Waals surface area contributed by atoms with Crippen LogP contribution in [-0.2, 0) is 14.8 Å². The van der Waals surface area contributed by atoms with Gasteiger partial charge >= 0.3 is 5.97 Å². The van der Waals surface area contributed by atoms with Crippen molar-refractivity contribution < 1.29 is 18.3 Å². The predicted molar refractivity (Wildman–Crippen MR) is 68.1 cm³/mol. The molecule has 1 fully saturated rings. The van der Waals surface area contributed by atoms with Crippen molar-refractivity contribution in [2.45, 2.75) is 11.1 Å². The number of sulfonamides is 1. The van der Waals surface area contributed by atoms with E-state index in [1.165, 1.54) is 16.4 Å². The smallest absolute Gasteiger partial charge is 0.308 e. The minimum absolute atomic E-state index is 0.0153. The normalized spacial score (nSPS) is 24.2. The van der Waals surface area contributed by atoms with Gasteiger partial charge in [-0.25, -0.2) is 8.42 Å². The summed E-state index contributed by atoms with van der Waals surface area (Å²) in [4.78, 5) is 11.3. The molecule has 1 aliphatic heterocycles. The van der Waals surface area contributed by atoms with E-state index in [1.807, 2.05) is 6.07 Å². The Bertz CT molecular complexity index is 644. The molecule has 2 unspecified atom stereocenters. The quantitative estimate of drug-likeness (QED) is 0.896. The molecule has 1 aromatic rings. The highest BCUT2D eigenvalue weighted by Crippen LogP contribution is 2.31. The minimum atomic E-state index is -3.69. The van der Waals surface area contributed by atoms with E-state index < -0.39 is 21.9 Å². The van der Waals surface area contributed by atoms with E-state index in [1.54, 1.807) is 6.92 Å². The summed E-state index contributed by atoms with van der Waals surface area (Å²) in [5.41, 5.74) is 0. The van der Waals surface area contributed by atoms with Crippen molar-refractivity contribution in [1.82, 2.24) is 4.31 Å². The molecule has 0 aromatic carbocycles. The highest BCUT2D eigenvalue weighted by molar-refractivity contribution is 7.91. The third-order valence-corrected chi connectivity index (χ3v) is 6.47. The van der Waals surface area contributed by atoms with Crippen molar-refractivity contribution in [2.24, 2.45) is 11.8 Å². The standard InChI is InChI=1S/C11H12N2O4S2/c1-7-5-13(6-9(7)11(14)15)19(16,17)10-3-2-8(4-12)18-10/h2-3,7,9H,5-6H2,1H3,(H,14,15). The third kappa shape index (κ3) is 2.49. The molecule has 0 amide bonds. The van der Waals surface area contributed by atoms with E-state index in [9.17, 15) is 13.2 Å². The predicted octanol–water partition coefficient (Wildman–Crippen LogP) is 0.961. The number of nitriles is 1. The molecule has 1 saturated heterocycles. The molecular weight excluding hydrogens is 288 g/mol. The lowest BCUT2D eigenvalue weighted by Crippen LogP contribution is -2.29. The van der Waals surface area contributed by atoms with Gasteiger partial charge in [-0.05, 0) is 18.1 Å². The summed E-state index contributed by atoms with van der Waals surface area (Å²) in [5, 5.41) is 17.7. The zero-order chi connectivity index (χ0) is 14.2. The molecule has 0 aliphatic carbocycles. The van der Waals surface area contributed by atoms with E-state index in [-0.39, 0.29) is 23.2 Å². The molecule has 1 N–H and O–H groups in total. The first-order chi connectivity index (χ1) is 8.86. The van der Waals surface area contributed by atoms with Crippen LogP contribution in [0.5, 0.6) is 0 Å². The average Bonchev–Trinajstić information content (AvgIpc) is 2.95. The number of carboxylic acid groups (broad SMARTS) is 1. The second-order valence-electron chi connectivity index (χ2n) is 4.47. The van der Waals surface area contributed by atoms with Crippen LogP contribution in [0.15, 0.2) is 16.3 Å². The van der Waals surface area contributed by atoms with Crippen molar-refractivity contribution in [3.05, 3.63) is 17.0 Å². The maximum atomic E-state index is 12.3. The Kier molecular flexibility index (Phi) is 3.62. The van der Waals surface area contributed by atoms with Crippen LogP contribution >= 0.6 is 11.3 Å². The summed E-state index contributed by atoms with van der Waals surface area (Å²) >= 11 is 0.899. The van der Waals surface area contributed by atoms with Crippen LogP contribution in [0.4, 0.5) is 0 Å². The number of hydrogen-bond acceptors (Lipinski definition) is 5. The number of carboxylic acids is 1. The SMILES string of the molecule is CC1CN(S(=O)(=O)c2ccc(C#N)s2)CC1C(=O)O. The van der Waals surface area contributed by atoms with E-state index in [4.69, 9.17) is 10.4 Å². The number of aliphatic carboxylic acids is 1. The number of rotatable bonds is 3. The number of nitrogens with zero attached hydrogens (tertiary/aromatic N) is 2. The molecule has 0 radical (unpaired) electrons. The molecule has 0 bridgehead atoms. The second kappa shape index (κ2) is 4.92. The van der Waals surface area contributed by atoms with Crippen molar-refractivity contribution in [2.75, 3.05) is 13.1 Å². The van der Waals surface area contributed by atoms with Gasteiger partial charge in [0.1, 0.15) is 15.2 Å². The summed E-state index contributed by atoms with van der Waals surface area (Å²) in [7, 11) is -3.69. The van der Waals surface area contributed by atoms with Crippen LogP contribution < -0.4 is 0 Å². The van der Waals surface area contributed by atoms with Gasteiger partial charge in [0.05, 0.1) is 5.92 Å². The number of thiophene rings is 1. The third-order valence-electron chi connectivity index (χ3n) is 3.18.